The highest BCUT2D eigenvalue weighted by Gasteiger charge is 2.17. The Hall–Kier alpha value is -1.92. The Morgan fingerprint density at radius 2 is 1.72 bits per heavy atom. The van der Waals surface area contributed by atoms with Gasteiger partial charge in [-0.25, -0.2) is 4.98 Å². The van der Waals surface area contributed by atoms with E-state index in [0.717, 1.165) is 5.56 Å². The van der Waals surface area contributed by atoms with E-state index in [0.29, 0.717) is 39.9 Å². The van der Waals surface area contributed by atoms with E-state index in [1.165, 1.54) is 0 Å². The summed E-state index contributed by atoms with van der Waals surface area (Å²) in [5.74, 6) is 0.572. The van der Waals surface area contributed by atoms with Crippen molar-refractivity contribution >= 4 is 31.9 Å². The fourth-order valence-electron chi connectivity index (χ4n) is 2.63. The van der Waals surface area contributed by atoms with Crippen molar-refractivity contribution in [1.29, 1.82) is 0 Å². The van der Waals surface area contributed by atoms with E-state index >= 15 is 0 Å². The van der Waals surface area contributed by atoms with Crippen LogP contribution >= 0.6 is 31.9 Å². The number of aryl methyl sites for hydroxylation is 1. The number of hydrogen-bond acceptors (Lipinski definition) is 3. The summed E-state index contributed by atoms with van der Waals surface area (Å²) in [7, 11) is 0. The van der Waals surface area contributed by atoms with Crippen LogP contribution in [0.2, 0.25) is 0 Å². The molecule has 0 unspecified atom stereocenters. The summed E-state index contributed by atoms with van der Waals surface area (Å²) in [5.41, 5.74) is 2.14. The number of nitrogens with zero attached hydrogens (tertiary/aromatic N) is 2. The van der Waals surface area contributed by atoms with Gasteiger partial charge in [0.25, 0.3) is 5.56 Å². The normalized spacial score (nSPS) is 10.8. The molecule has 0 fully saturated rings. The minimum atomic E-state index is -0.154. The first-order valence-electron chi connectivity index (χ1n) is 7.79. The van der Waals surface area contributed by atoms with Gasteiger partial charge in [0.1, 0.15) is 16.0 Å². The molecule has 128 valence electrons. The molecule has 0 amide bonds. The first-order chi connectivity index (χ1) is 12.1. The molecule has 0 radical (unpaired) electrons. The van der Waals surface area contributed by atoms with Gasteiger partial charge in [-0.1, -0.05) is 58.4 Å². The van der Waals surface area contributed by atoms with Crippen molar-refractivity contribution in [3.8, 4) is 17.1 Å². The van der Waals surface area contributed by atoms with Gasteiger partial charge in [0.05, 0.1) is 11.3 Å². The average molecular weight is 464 g/mol. The minimum absolute atomic E-state index is 0.103. The zero-order valence-corrected chi connectivity index (χ0v) is 16.5. The molecule has 0 aliphatic rings. The van der Waals surface area contributed by atoms with Crippen LogP contribution in [0.5, 0.6) is 5.75 Å². The monoisotopic (exact) mass is 462 g/mol. The van der Waals surface area contributed by atoms with Crippen molar-refractivity contribution in [2.75, 3.05) is 0 Å². The lowest BCUT2D eigenvalue weighted by Crippen LogP contribution is -2.26. The molecule has 0 bridgehead atoms. The Kier molecular flexibility index (Phi) is 5.71. The SMILES string of the molecule is O=c1c(Br)c(CBr)nc(-c2ccccc2O)n1CCc1ccccc1. The van der Waals surface area contributed by atoms with Crippen LogP contribution in [0.15, 0.2) is 63.9 Å². The maximum atomic E-state index is 12.8. The van der Waals surface area contributed by atoms with Crippen molar-refractivity contribution in [3.63, 3.8) is 0 Å². The van der Waals surface area contributed by atoms with Crippen LogP contribution in [0.25, 0.3) is 11.4 Å². The summed E-state index contributed by atoms with van der Waals surface area (Å²) in [5, 5.41) is 10.7. The van der Waals surface area contributed by atoms with E-state index in [4.69, 9.17) is 0 Å². The number of halogens is 2. The number of hydrogen-bond donors (Lipinski definition) is 1. The first-order valence-corrected chi connectivity index (χ1v) is 9.70. The molecular formula is C19H16Br2N2O2. The third-order valence-electron chi connectivity index (χ3n) is 3.92. The maximum Gasteiger partial charge on any atom is 0.268 e. The van der Waals surface area contributed by atoms with Gasteiger partial charge in [-0.15, -0.1) is 0 Å². The molecule has 1 N–H and O–H groups in total. The molecule has 6 heteroatoms. The number of benzene rings is 2. The highest BCUT2D eigenvalue weighted by atomic mass is 79.9. The number of alkyl halides is 1. The number of rotatable bonds is 5. The third kappa shape index (κ3) is 3.85. The van der Waals surface area contributed by atoms with Gasteiger partial charge in [0, 0.05) is 11.9 Å². The van der Waals surface area contributed by atoms with Crippen molar-refractivity contribution in [2.24, 2.45) is 0 Å². The molecule has 1 heterocycles. The number of phenols is 1. The molecule has 3 aromatic rings. The van der Waals surface area contributed by atoms with Crippen LogP contribution in [0.1, 0.15) is 11.3 Å². The summed E-state index contributed by atoms with van der Waals surface area (Å²) in [6, 6.07) is 16.9. The van der Waals surface area contributed by atoms with Gasteiger partial charge in [-0.3, -0.25) is 9.36 Å². The van der Waals surface area contributed by atoms with E-state index < -0.39 is 0 Å². The Balaban J connectivity index is 2.10. The van der Waals surface area contributed by atoms with Crippen molar-refractivity contribution in [1.82, 2.24) is 9.55 Å². The van der Waals surface area contributed by atoms with E-state index in [-0.39, 0.29) is 11.3 Å². The van der Waals surface area contributed by atoms with Crippen LogP contribution < -0.4 is 5.56 Å². The fraction of sp³-hybridized carbons (Fsp3) is 0.158. The highest BCUT2D eigenvalue weighted by Crippen LogP contribution is 2.28. The number of aromatic hydroxyl groups is 1. The number of phenolic OH excluding ortho intramolecular Hbond substituents is 1. The quantitative estimate of drug-likeness (QED) is 0.566. The lowest BCUT2D eigenvalue weighted by Gasteiger charge is -2.15. The standard InChI is InChI=1S/C19H16Br2N2O2/c20-12-15-17(21)19(25)23(11-10-13-6-2-1-3-7-13)18(22-15)14-8-4-5-9-16(14)24/h1-9,24H,10-12H2. The third-order valence-corrected chi connectivity index (χ3v) is 5.25. The molecule has 2 aromatic carbocycles. The average Bonchev–Trinajstić information content (AvgIpc) is 2.64. The van der Waals surface area contributed by atoms with Gasteiger partial charge in [-0.2, -0.15) is 0 Å². The zero-order valence-electron chi connectivity index (χ0n) is 13.3. The predicted molar refractivity (Wildman–Crippen MR) is 106 cm³/mol. The molecule has 0 atom stereocenters. The van der Waals surface area contributed by atoms with Crippen LogP contribution in [-0.2, 0) is 18.3 Å². The van der Waals surface area contributed by atoms with Gasteiger partial charge >= 0.3 is 0 Å². The summed E-state index contributed by atoms with van der Waals surface area (Å²) < 4.78 is 2.05. The summed E-state index contributed by atoms with van der Waals surface area (Å²) >= 11 is 6.72. The first kappa shape index (κ1) is 17.9. The number of aromatic nitrogens is 2. The Bertz CT molecular complexity index is 940. The Morgan fingerprint density at radius 1 is 1.04 bits per heavy atom. The molecule has 0 saturated carbocycles. The topological polar surface area (TPSA) is 55.1 Å². The second-order valence-electron chi connectivity index (χ2n) is 5.54. The highest BCUT2D eigenvalue weighted by molar-refractivity contribution is 9.10. The lowest BCUT2D eigenvalue weighted by atomic mass is 10.1. The van der Waals surface area contributed by atoms with Crippen molar-refractivity contribution < 1.29 is 5.11 Å². The molecule has 0 aliphatic heterocycles. The fourth-order valence-corrected chi connectivity index (χ4v) is 3.85. The maximum absolute atomic E-state index is 12.8. The van der Waals surface area contributed by atoms with Gasteiger partial charge < -0.3 is 5.11 Å². The van der Waals surface area contributed by atoms with E-state index in [9.17, 15) is 9.90 Å². The lowest BCUT2D eigenvalue weighted by molar-refractivity contribution is 0.476. The molecular weight excluding hydrogens is 448 g/mol. The molecule has 0 saturated heterocycles. The van der Waals surface area contributed by atoms with E-state index in [2.05, 4.69) is 36.8 Å². The van der Waals surface area contributed by atoms with E-state index in [1.54, 1.807) is 22.8 Å². The van der Waals surface area contributed by atoms with E-state index in [1.807, 2.05) is 36.4 Å². The second kappa shape index (κ2) is 7.97. The van der Waals surface area contributed by atoms with Crippen molar-refractivity contribution in [3.05, 3.63) is 80.7 Å². The molecule has 3 rings (SSSR count). The molecule has 4 nitrogen and oxygen atoms in total. The Labute approximate surface area is 162 Å². The van der Waals surface area contributed by atoms with Gasteiger partial charge in [-0.05, 0) is 40.0 Å². The van der Waals surface area contributed by atoms with Gasteiger partial charge in [0.15, 0.2) is 0 Å². The van der Waals surface area contributed by atoms with Crippen LogP contribution in [0.3, 0.4) is 0 Å². The molecule has 0 aliphatic carbocycles. The van der Waals surface area contributed by atoms with Crippen LogP contribution in [0.4, 0.5) is 0 Å². The molecule has 25 heavy (non-hydrogen) atoms. The molecule has 0 spiro atoms. The van der Waals surface area contributed by atoms with Crippen molar-refractivity contribution in [2.45, 2.75) is 18.3 Å². The van der Waals surface area contributed by atoms with Crippen LogP contribution in [0, 0.1) is 0 Å². The summed E-state index contributed by atoms with van der Waals surface area (Å²) in [6.07, 6.45) is 0.698. The largest absolute Gasteiger partial charge is 0.507 e. The van der Waals surface area contributed by atoms with Crippen LogP contribution in [-0.4, -0.2) is 14.7 Å². The summed E-state index contributed by atoms with van der Waals surface area (Å²) in [6.45, 7) is 0.473. The minimum Gasteiger partial charge on any atom is -0.507 e. The van der Waals surface area contributed by atoms with Gasteiger partial charge in [0.2, 0.25) is 0 Å². The second-order valence-corrected chi connectivity index (χ2v) is 6.89. The summed E-state index contributed by atoms with van der Waals surface area (Å²) in [4.78, 5) is 17.5. The predicted octanol–water partition coefficient (Wildman–Crippen LogP) is 4.52. The Morgan fingerprint density at radius 3 is 2.40 bits per heavy atom. The molecule has 1 aromatic heterocycles. The zero-order chi connectivity index (χ0) is 17.8. The number of para-hydroxylation sites is 1. The smallest absolute Gasteiger partial charge is 0.268 e.